The van der Waals surface area contributed by atoms with Gasteiger partial charge in [-0.3, -0.25) is 14.6 Å². The Morgan fingerprint density at radius 1 is 1.00 bits per heavy atom. The number of amides is 1. The molecule has 0 N–H and O–H groups in total. The minimum atomic E-state index is -0.626. The number of carbonyl (C=O) groups excluding carboxylic acids is 1. The molecular weight excluding hydrogens is 388 g/mol. The lowest BCUT2D eigenvalue weighted by molar-refractivity contribution is 0.0712. The van der Waals surface area contributed by atoms with Crippen LogP contribution < -0.4 is 5.43 Å². The average molecular weight is 403 g/mol. The monoisotopic (exact) mass is 402 g/mol. The van der Waals surface area contributed by atoms with Gasteiger partial charge in [-0.25, -0.2) is 0 Å². The Morgan fingerprint density at radius 3 is 2.55 bits per heavy atom. The highest BCUT2D eigenvalue weighted by atomic mass is 35.5. The van der Waals surface area contributed by atoms with E-state index in [2.05, 4.69) is 4.98 Å². The van der Waals surface area contributed by atoms with Crippen molar-refractivity contribution < 1.29 is 9.21 Å². The Balaban J connectivity index is 1.74. The van der Waals surface area contributed by atoms with Crippen molar-refractivity contribution >= 4 is 28.5 Å². The van der Waals surface area contributed by atoms with Gasteiger partial charge in [-0.15, -0.1) is 0 Å². The largest absolute Gasteiger partial charge is 0.450 e. The van der Waals surface area contributed by atoms with Crippen LogP contribution in [0.4, 0.5) is 0 Å². The van der Waals surface area contributed by atoms with Crippen molar-refractivity contribution in [1.29, 1.82) is 0 Å². The lowest BCUT2D eigenvalue weighted by atomic mass is 10.0. The van der Waals surface area contributed by atoms with Crippen LogP contribution in [0.2, 0.25) is 5.02 Å². The van der Waals surface area contributed by atoms with Crippen molar-refractivity contribution in [3.05, 3.63) is 111 Å². The first-order chi connectivity index (χ1) is 14.1. The number of pyridine rings is 1. The number of hydrogen-bond acceptors (Lipinski definition) is 4. The fraction of sp³-hybridized carbons (Fsp3) is 0.0870. The van der Waals surface area contributed by atoms with Crippen LogP contribution in [-0.2, 0) is 6.54 Å². The third-order valence-electron chi connectivity index (χ3n) is 5.09. The fourth-order valence-corrected chi connectivity index (χ4v) is 3.95. The van der Waals surface area contributed by atoms with Gasteiger partial charge in [0.25, 0.3) is 5.91 Å². The van der Waals surface area contributed by atoms with Crippen LogP contribution in [0, 0.1) is 0 Å². The van der Waals surface area contributed by atoms with Crippen molar-refractivity contribution in [2.75, 3.05) is 0 Å². The molecule has 2 aromatic heterocycles. The lowest BCUT2D eigenvalue weighted by Crippen LogP contribution is -2.29. The highest BCUT2D eigenvalue weighted by Gasteiger charge is 2.43. The van der Waals surface area contributed by atoms with Gasteiger partial charge >= 0.3 is 0 Å². The van der Waals surface area contributed by atoms with E-state index < -0.39 is 6.04 Å². The molecule has 0 spiro atoms. The van der Waals surface area contributed by atoms with Crippen molar-refractivity contribution in [1.82, 2.24) is 9.88 Å². The maximum atomic E-state index is 13.4. The normalized spacial score (nSPS) is 15.7. The van der Waals surface area contributed by atoms with Crippen LogP contribution in [0.25, 0.3) is 11.0 Å². The number of hydrogen-bond donors (Lipinski definition) is 0. The summed E-state index contributed by atoms with van der Waals surface area (Å²) in [7, 11) is 0. The molecule has 2 aromatic carbocycles. The van der Waals surface area contributed by atoms with Crippen LogP contribution in [0.15, 0.2) is 82.1 Å². The molecule has 0 radical (unpaired) electrons. The number of aromatic nitrogens is 1. The summed E-state index contributed by atoms with van der Waals surface area (Å²) in [6.45, 7) is 0.335. The summed E-state index contributed by atoms with van der Waals surface area (Å²) in [6, 6.07) is 19.3. The zero-order chi connectivity index (χ0) is 20.0. The van der Waals surface area contributed by atoms with Gasteiger partial charge in [0.05, 0.1) is 16.6 Å². The number of carbonyl (C=O) groups is 1. The standard InChI is InChI=1S/C23H15ClN2O3/c24-15-9-10-18-16(12-15)21(27)19-20(17-8-4-5-11-25-17)26(23(28)22(19)29-18)13-14-6-2-1-3-7-14/h1-12,20H,13H2/t20-/m1/s1. The number of fused-ring (bicyclic) bond motifs is 2. The van der Waals surface area contributed by atoms with Crippen LogP contribution >= 0.6 is 11.6 Å². The topological polar surface area (TPSA) is 63.4 Å². The molecule has 0 fully saturated rings. The molecule has 6 heteroatoms. The third-order valence-corrected chi connectivity index (χ3v) is 5.33. The molecule has 0 saturated heterocycles. The van der Waals surface area contributed by atoms with E-state index >= 15 is 0 Å². The third kappa shape index (κ3) is 2.91. The summed E-state index contributed by atoms with van der Waals surface area (Å²) in [6.07, 6.45) is 1.65. The molecule has 0 saturated carbocycles. The molecular formula is C23H15ClN2O3. The quantitative estimate of drug-likeness (QED) is 0.503. The Labute approximate surface area is 171 Å². The smallest absolute Gasteiger partial charge is 0.291 e. The van der Waals surface area contributed by atoms with Gasteiger partial charge in [0, 0.05) is 17.8 Å². The minimum absolute atomic E-state index is 0.0661. The molecule has 3 heterocycles. The number of rotatable bonds is 3. The molecule has 0 unspecified atom stereocenters. The second-order valence-electron chi connectivity index (χ2n) is 6.89. The van der Waals surface area contributed by atoms with Crippen LogP contribution in [0.3, 0.4) is 0 Å². The van der Waals surface area contributed by atoms with E-state index in [-0.39, 0.29) is 17.1 Å². The molecule has 5 rings (SSSR count). The summed E-state index contributed by atoms with van der Waals surface area (Å²) in [4.78, 5) is 32.7. The molecule has 5 nitrogen and oxygen atoms in total. The van der Waals surface area contributed by atoms with E-state index in [1.54, 1.807) is 35.4 Å². The second kappa shape index (κ2) is 6.87. The van der Waals surface area contributed by atoms with Crippen LogP contribution in [0.5, 0.6) is 0 Å². The Bertz CT molecular complexity index is 1290. The lowest BCUT2D eigenvalue weighted by Gasteiger charge is -2.24. The van der Waals surface area contributed by atoms with Gasteiger partial charge in [0.2, 0.25) is 5.76 Å². The Hall–Kier alpha value is -3.44. The minimum Gasteiger partial charge on any atom is -0.450 e. The van der Waals surface area contributed by atoms with Gasteiger partial charge in [-0.2, -0.15) is 0 Å². The first-order valence-corrected chi connectivity index (χ1v) is 9.53. The molecule has 1 aliphatic heterocycles. The molecule has 1 aliphatic rings. The van der Waals surface area contributed by atoms with Gasteiger partial charge in [0.15, 0.2) is 5.43 Å². The first-order valence-electron chi connectivity index (χ1n) is 9.15. The van der Waals surface area contributed by atoms with E-state index in [1.165, 1.54) is 0 Å². The van der Waals surface area contributed by atoms with Crippen molar-refractivity contribution in [3.8, 4) is 0 Å². The van der Waals surface area contributed by atoms with Gasteiger partial charge in [-0.05, 0) is 35.9 Å². The van der Waals surface area contributed by atoms with E-state index in [0.29, 0.717) is 33.8 Å². The predicted octanol–water partition coefficient (Wildman–Crippen LogP) is 4.59. The number of benzene rings is 2. The van der Waals surface area contributed by atoms with Gasteiger partial charge in [0.1, 0.15) is 11.6 Å². The summed E-state index contributed by atoms with van der Waals surface area (Å²) in [5.74, 6) is -0.259. The van der Waals surface area contributed by atoms with Crippen LogP contribution in [0.1, 0.15) is 33.4 Å². The number of halogens is 1. The molecule has 29 heavy (non-hydrogen) atoms. The van der Waals surface area contributed by atoms with Crippen molar-refractivity contribution in [2.24, 2.45) is 0 Å². The first kappa shape index (κ1) is 17.6. The maximum Gasteiger partial charge on any atom is 0.291 e. The van der Waals surface area contributed by atoms with Gasteiger partial charge in [-0.1, -0.05) is 48.0 Å². The SMILES string of the molecule is O=C1c2oc3ccc(Cl)cc3c(=O)c2[C@@H](c2ccccn2)N1Cc1ccccc1. The molecule has 0 aliphatic carbocycles. The van der Waals surface area contributed by atoms with E-state index in [1.807, 2.05) is 42.5 Å². The van der Waals surface area contributed by atoms with E-state index in [9.17, 15) is 9.59 Å². The van der Waals surface area contributed by atoms with E-state index in [4.69, 9.17) is 16.0 Å². The maximum absolute atomic E-state index is 13.4. The zero-order valence-corrected chi connectivity index (χ0v) is 16.0. The summed E-state index contributed by atoms with van der Waals surface area (Å²) >= 11 is 6.09. The second-order valence-corrected chi connectivity index (χ2v) is 7.33. The molecule has 4 aromatic rings. The highest BCUT2D eigenvalue weighted by Crippen LogP contribution is 2.38. The molecule has 1 atom stereocenters. The molecule has 142 valence electrons. The van der Waals surface area contributed by atoms with Crippen molar-refractivity contribution in [3.63, 3.8) is 0 Å². The molecule has 0 bridgehead atoms. The van der Waals surface area contributed by atoms with Crippen molar-refractivity contribution in [2.45, 2.75) is 12.6 Å². The zero-order valence-electron chi connectivity index (χ0n) is 15.2. The summed E-state index contributed by atoms with van der Waals surface area (Å²) in [5.41, 5.74) is 1.95. The average Bonchev–Trinajstić information content (AvgIpc) is 3.02. The molecule has 1 amide bonds. The summed E-state index contributed by atoms with van der Waals surface area (Å²) in [5, 5.41) is 0.788. The Kier molecular flexibility index (Phi) is 4.18. The summed E-state index contributed by atoms with van der Waals surface area (Å²) < 4.78 is 5.89. The predicted molar refractivity (Wildman–Crippen MR) is 110 cm³/mol. The fourth-order valence-electron chi connectivity index (χ4n) is 3.78. The highest BCUT2D eigenvalue weighted by molar-refractivity contribution is 6.31. The number of nitrogens with zero attached hydrogens (tertiary/aromatic N) is 2. The van der Waals surface area contributed by atoms with Gasteiger partial charge < -0.3 is 9.32 Å². The van der Waals surface area contributed by atoms with Crippen LogP contribution in [-0.4, -0.2) is 15.8 Å². The Morgan fingerprint density at radius 2 is 1.79 bits per heavy atom. The van der Waals surface area contributed by atoms with E-state index in [0.717, 1.165) is 5.56 Å².